The van der Waals surface area contributed by atoms with Crippen molar-refractivity contribution in [2.45, 2.75) is 0 Å². The van der Waals surface area contributed by atoms with Crippen LogP contribution in [0.2, 0.25) is 0 Å². The number of thiocyanates is 1. The molecule has 0 bridgehead atoms. The van der Waals surface area contributed by atoms with Gasteiger partial charge < -0.3 is 0 Å². The van der Waals surface area contributed by atoms with Crippen LogP contribution in [0.4, 0.5) is 0 Å². The second-order valence-corrected chi connectivity index (χ2v) is 3.58. The molecule has 0 N–H and O–H groups in total. The Bertz CT molecular complexity index is 328. The van der Waals surface area contributed by atoms with Gasteiger partial charge in [0.2, 0.25) is 0 Å². The van der Waals surface area contributed by atoms with Crippen LogP contribution in [0.5, 0.6) is 0 Å². The van der Waals surface area contributed by atoms with Crippen molar-refractivity contribution in [2.24, 2.45) is 0 Å². The summed E-state index contributed by atoms with van der Waals surface area (Å²) in [5.41, 5.74) is 1.08. The van der Waals surface area contributed by atoms with Crippen molar-refractivity contribution in [3.63, 3.8) is 0 Å². The average Bonchev–Trinajstić information content (AvgIpc) is 2.09. The summed E-state index contributed by atoms with van der Waals surface area (Å²) < 4.78 is 1.04. The van der Waals surface area contributed by atoms with E-state index >= 15 is 0 Å². The molecule has 0 unspecified atom stereocenters. The van der Waals surface area contributed by atoms with Crippen molar-refractivity contribution in [3.05, 3.63) is 39.7 Å². The molecule has 0 atom stereocenters. The van der Waals surface area contributed by atoms with Crippen molar-refractivity contribution >= 4 is 33.8 Å². The summed E-state index contributed by atoms with van der Waals surface area (Å²) in [6.45, 7) is 0. The SMILES string of the molecule is N#CS/C=C\c1ccccc1Br. The van der Waals surface area contributed by atoms with Crippen molar-refractivity contribution in [1.82, 2.24) is 0 Å². The van der Waals surface area contributed by atoms with E-state index in [0.717, 1.165) is 21.8 Å². The quantitative estimate of drug-likeness (QED) is 0.737. The fourth-order valence-corrected chi connectivity index (χ4v) is 1.44. The first-order chi connectivity index (χ1) is 5.84. The number of hydrogen-bond acceptors (Lipinski definition) is 2. The highest BCUT2D eigenvalue weighted by Gasteiger charge is 1.91. The first-order valence-corrected chi connectivity index (χ1v) is 4.97. The van der Waals surface area contributed by atoms with Gasteiger partial charge in [-0.15, -0.1) is 0 Å². The molecule has 0 saturated heterocycles. The van der Waals surface area contributed by atoms with E-state index in [9.17, 15) is 0 Å². The fourth-order valence-electron chi connectivity index (χ4n) is 0.748. The minimum Gasteiger partial charge on any atom is -0.185 e. The van der Waals surface area contributed by atoms with Crippen molar-refractivity contribution in [2.75, 3.05) is 0 Å². The minimum absolute atomic E-state index is 1.04. The first kappa shape index (κ1) is 9.37. The molecule has 0 aliphatic rings. The molecule has 0 fully saturated rings. The van der Waals surface area contributed by atoms with Crippen LogP contribution in [0.15, 0.2) is 34.1 Å². The molecular formula is C9H6BrNS. The number of nitriles is 1. The monoisotopic (exact) mass is 239 g/mol. The largest absolute Gasteiger partial charge is 0.185 e. The van der Waals surface area contributed by atoms with Crippen LogP contribution in [0.3, 0.4) is 0 Å². The van der Waals surface area contributed by atoms with E-state index in [1.807, 2.05) is 35.7 Å². The zero-order valence-corrected chi connectivity index (χ0v) is 8.60. The normalized spacial score (nSPS) is 10.0. The number of rotatable bonds is 2. The minimum atomic E-state index is 1.04. The van der Waals surface area contributed by atoms with Crippen molar-refractivity contribution < 1.29 is 0 Å². The van der Waals surface area contributed by atoms with E-state index in [0.29, 0.717) is 0 Å². The standard InChI is InChI=1S/C9H6BrNS/c10-9-4-2-1-3-8(9)5-6-12-7-11/h1-6H/b6-5-. The van der Waals surface area contributed by atoms with Gasteiger partial charge in [0.05, 0.1) is 0 Å². The molecule has 1 rings (SSSR count). The van der Waals surface area contributed by atoms with Gasteiger partial charge in [0.1, 0.15) is 5.40 Å². The summed E-state index contributed by atoms with van der Waals surface area (Å²) in [5, 5.41) is 12.0. The summed E-state index contributed by atoms with van der Waals surface area (Å²) >= 11 is 4.52. The van der Waals surface area contributed by atoms with Crippen LogP contribution in [-0.4, -0.2) is 0 Å². The Kier molecular flexibility index (Phi) is 3.92. The fraction of sp³-hybridized carbons (Fsp3) is 0. The van der Waals surface area contributed by atoms with E-state index < -0.39 is 0 Å². The Morgan fingerprint density at radius 3 is 2.83 bits per heavy atom. The van der Waals surface area contributed by atoms with E-state index in [1.54, 1.807) is 5.41 Å². The van der Waals surface area contributed by atoms with Gasteiger partial charge in [-0.05, 0) is 34.9 Å². The van der Waals surface area contributed by atoms with Gasteiger partial charge >= 0.3 is 0 Å². The molecule has 0 amide bonds. The molecule has 0 spiro atoms. The Balaban J connectivity index is 2.77. The highest BCUT2D eigenvalue weighted by atomic mass is 79.9. The molecule has 12 heavy (non-hydrogen) atoms. The molecule has 1 aromatic carbocycles. The van der Waals surface area contributed by atoms with E-state index in [2.05, 4.69) is 15.9 Å². The smallest absolute Gasteiger partial charge is 0.137 e. The summed E-state index contributed by atoms with van der Waals surface area (Å²) in [4.78, 5) is 0. The van der Waals surface area contributed by atoms with Crippen LogP contribution in [0.25, 0.3) is 6.08 Å². The molecule has 0 heterocycles. The summed E-state index contributed by atoms with van der Waals surface area (Å²) in [5.74, 6) is 0. The Labute approximate surface area is 84.2 Å². The Morgan fingerprint density at radius 1 is 1.42 bits per heavy atom. The molecule has 0 aromatic heterocycles. The third-order valence-electron chi connectivity index (χ3n) is 1.27. The summed E-state index contributed by atoms with van der Waals surface area (Å²) in [6.07, 6.45) is 1.90. The van der Waals surface area contributed by atoms with Crippen molar-refractivity contribution in [1.29, 1.82) is 5.26 Å². The number of benzene rings is 1. The van der Waals surface area contributed by atoms with Crippen LogP contribution in [0.1, 0.15) is 5.56 Å². The maximum absolute atomic E-state index is 8.26. The predicted octanol–water partition coefficient (Wildman–Crippen LogP) is 3.63. The van der Waals surface area contributed by atoms with Gasteiger partial charge in [-0.1, -0.05) is 34.1 Å². The topological polar surface area (TPSA) is 23.8 Å². The van der Waals surface area contributed by atoms with E-state index in [-0.39, 0.29) is 0 Å². The molecule has 0 aliphatic carbocycles. The molecular weight excluding hydrogens is 234 g/mol. The van der Waals surface area contributed by atoms with Gasteiger partial charge in [-0.2, -0.15) is 5.26 Å². The molecule has 1 aromatic rings. The molecule has 3 heteroatoms. The highest BCUT2D eigenvalue weighted by molar-refractivity contribution is 9.10. The second-order valence-electron chi connectivity index (χ2n) is 2.03. The molecule has 1 nitrogen and oxygen atoms in total. The van der Waals surface area contributed by atoms with E-state index in [4.69, 9.17) is 5.26 Å². The average molecular weight is 240 g/mol. The van der Waals surface area contributed by atoms with E-state index in [1.165, 1.54) is 0 Å². The second kappa shape index (κ2) is 5.02. The molecule has 60 valence electrons. The van der Waals surface area contributed by atoms with Crippen LogP contribution >= 0.6 is 27.7 Å². The Morgan fingerprint density at radius 2 is 2.17 bits per heavy atom. The van der Waals surface area contributed by atoms with Crippen molar-refractivity contribution in [3.8, 4) is 5.40 Å². The van der Waals surface area contributed by atoms with Gasteiger partial charge in [-0.25, -0.2) is 0 Å². The third-order valence-corrected chi connectivity index (χ3v) is 2.37. The lowest BCUT2D eigenvalue weighted by Gasteiger charge is -1.94. The maximum Gasteiger partial charge on any atom is 0.137 e. The number of hydrogen-bond donors (Lipinski definition) is 0. The zero-order chi connectivity index (χ0) is 8.81. The lowest BCUT2D eigenvalue weighted by atomic mass is 10.2. The van der Waals surface area contributed by atoms with Crippen LogP contribution in [0, 0.1) is 10.7 Å². The maximum atomic E-state index is 8.26. The van der Waals surface area contributed by atoms with Crippen LogP contribution < -0.4 is 0 Å². The lowest BCUT2D eigenvalue weighted by molar-refractivity contribution is 1.57. The van der Waals surface area contributed by atoms with Gasteiger partial charge in [0.25, 0.3) is 0 Å². The van der Waals surface area contributed by atoms with Gasteiger partial charge in [0.15, 0.2) is 0 Å². The van der Waals surface area contributed by atoms with Gasteiger partial charge in [0, 0.05) is 4.47 Å². The number of halogens is 1. The molecule has 0 radical (unpaired) electrons. The lowest BCUT2D eigenvalue weighted by Crippen LogP contribution is -1.71. The number of nitrogens with zero attached hydrogens (tertiary/aromatic N) is 1. The molecule has 0 saturated carbocycles. The summed E-state index contributed by atoms with van der Waals surface area (Å²) in [6, 6.07) is 7.87. The van der Waals surface area contributed by atoms with Crippen LogP contribution in [-0.2, 0) is 0 Å². The zero-order valence-electron chi connectivity index (χ0n) is 6.20. The number of thioether (sulfide) groups is 1. The highest BCUT2D eigenvalue weighted by Crippen LogP contribution is 2.18. The third kappa shape index (κ3) is 2.72. The van der Waals surface area contributed by atoms with Gasteiger partial charge in [-0.3, -0.25) is 0 Å². The Hall–Kier alpha value is -0.720. The summed E-state index contributed by atoms with van der Waals surface area (Å²) in [7, 11) is 0. The first-order valence-electron chi connectivity index (χ1n) is 3.30. The predicted molar refractivity (Wildman–Crippen MR) is 56.4 cm³/mol. The molecule has 0 aliphatic heterocycles.